The van der Waals surface area contributed by atoms with Crippen LogP contribution in [-0.2, 0) is 6.42 Å². The van der Waals surface area contributed by atoms with Crippen LogP contribution >= 0.6 is 0 Å². The molecule has 0 radical (unpaired) electrons. The molecule has 0 amide bonds. The fraction of sp³-hybridized carbons (Fsp3) is 0.267. The van der Waals surface area contributed by atoms with Crippen LogP contribution in [0, 0.1) is 13.8 Å². The van der Waals surface area contributed by atoms with Crippen molar-refractivity contribution in [1.29, 1.82) is 0 Å². The molecular weight excluding hydrogens is 250 g/mol. The second kappa shape index (κ2) is 4.59. The summed E-state index contributed by atoms with van der Waals surface area (Å²) in [4.78, 5) is 9.02. The van der Waals surface area contributed by atoms with Gasteiger partial charge < -0.3 is 5.73 Å². The lowest BCUT2D eigenvalue weighted by Crippen LogP contribution is -2.08. The number of nitrogens with two attached hydrogens (primary N) is 1. The first kappa shape index (κ1) is 12.6. The van der Waals surface area contributed by atoms with E-state index >= 15 is 0 Å². The van der Waals surface area contributed by atoms with E-state index < -0.39 is 0 Å². The molecule has 2 heterocycles. The van der Waals surface area contributed by atoms with Gasteiger partial charge in [0.05, 0.1) is 16.7 Å². The van der Waals surface area contributed by atoms with Gasteiger partial charge in [-0.3, -0.25) is 0 Å². The van der Waals surface area contributed by atoms with E-state index in [1.54, 1.807) is 4.68 Å². The molecule has 2 N–H and O–H groups in total. The topological polar surface area (TPSA) is 69.6 Å². The van der Waals surface area contributed by atoms with E-state index in [0.29, 0.717) is 11.6 Å². The van der Waals surface area contributed by atoms with Crippen molar-refractivity contribution in [3.05, 3.63) is 41.2 Å². The monoisotopic (exact) mass is 267 g/mol. The third-order valence-electron chi connectivity index (χ3n) is 3.57. The zero-order chi connectivity index (χ0) is 14.3. The second-order valence-electron chi connectivity index (χ2n) is 4.84. The highest BCUT2D eigenvalue weighted by Gasteiger charge is 2.15. The van der Waals surface area contributed by atoms with Gasteiger partial charge in [-0.2, -0.15) is 5.10 Å². The Kier molecular flexibility index (Phi) is 2.89. The van der Waals surface area contributed by atoms with Crippen molar-refractivity contribution in [3.8, 4) is 5.82 Å². The standard InChI is InChI=1S/C15H17N5/c1-4-11-9(2)19-20(10(11)3)15-14(16)17-12-7-5-6-8-13(12)18-15/h5-8H,4H2,1-3H3,(H2,16,17). The molecule has 0 aliphatic carbocycles. The Bertz CT molecular complexity index is 788. The number of fused-ring (bicyclic) bond motifs is 1. The Morgan fingerprint density at radius 1 is 1.10 bits per heavy atom. The maximum absolute atomic E-state index is 6.05. The molecule has 1 aromatic carbocycles. The van der Waals surface area contributed by atoms with E-state index in [9.17, 15) is 0 Å². The van der Waals surface area contributed by atoms with Gasteiger partial charge in [0.25, 0.3) is 0 Å². The minimum Gasteiger partial charge on any atom is -0.381 e. The Morgan fingerprint density at radius 2 is 1.75 bits per heavy atom. The van der Waals surface area contributed by atoms with Gasteiger partial charge in [-0.25, -0.2) is 14.6 Å². The van der Waals surface area contributed by atoms with Gasteiger partial charge in [-0.1, -0.05) is 19.1 Å². The van der Waals surface area contributed by atoms with E-state index in [1.807, 2.05) is 38.1 Å². The highest BCUT2D eigenvalue weighted by atomic mass is 15.3. The SMILES string of the molecule is CCc1c(C)nn(-c2nc3ccccc3nc2N)c1C. The molecule has 0 saturated heterocycles. The number of aromatic nitrogens is 4. The summed E-state index contributed by atoms with van der Waals surface area (Å²) in [7, 11) is 0. The highest BCUT2D eigenvalue weighted by molar-refractivity contribution is 5.77. The lowest BCUT2D eigenvalue weighted by Gasteiger charge is -2.08. The van der Waals surface area contributed by atoms with Crippen molar-refractivity contribution in [3.63, 3.8) is 0 Å². The molecule has 0 aliphatic rings. The van der Waals surface area contributed by atoms with Crippen LogP contribution in [0.2, 0.25) is 0 Å². The van der Waals surface area contributed by atoms with Crippen LogP contribution in [0.3, 0.4) is 0 Å². The molecule has 0 atom stereocenters. The van der Waals surface area contributed by atoms with Crippen LogP contribution < -0.4 is 5.73 Å². The number of aryl methyl sites for hydroxylation is 1. The number of anilines is 1. The zero-order valence-corrected chi connectivity index (χ0v) is 11.9. The van der Waals surface area contributed by atoms with Crippen LogP contribution in [0.15, 0.2) is 24.3 Å². The van der Waals surface area contributed by atoms with Crippen molar-refractivity contribution in [2.45, 2.75) is 27.2 Å². The summed E-state index contributed by atoms with van der Waals surface area (Å²) in [5.41, 5.74) is 11.0. The Hall–Kier alpha value is -2.43. The lowest BCUT2D eigenvalue weighted by molar-refractivity contribution is 0.808. The lowest BCUT2D eigenvalue weighted by atomic mass is 10.1. The summed E-state index contributed by atoms with van der Waals surface area (Å²) < 4.78 is 1.79. The quantitative estimate of drug-likeness (QED) is 0.774. The number of rotatable bonds is 2. The predicted octanol–water partition coefficient (Wildman–Crippen LogP) is 2.58. The van der Waals surface area contributed by atoms with Crippen LogP contribution in [0.25, 0.3) is 16.9 Å². The first-order valence-corrected chi connectivity index (χ1v) is 6.69. The summed E-state index contributed by atoms with van der Waals surface area (Å²) in [5, 5.41) is 4.55. The van der Waals surface area contributed by atoms with Crippen molar-refractivity contribution in [2.75, 3.05) is 5.73 Å². The molecule has 102 valence electrons. The summed E-state index contributed by atoms with van der Waals surface area (Å²) >= 11 is 0. The number of hydrogen-bond donors (Lipinski definition) is 1. The normalized spacial score (nSPS) is 11.2. The van der Waals surface area contributed by atoms with Gasteiger partial charge in [-0.15, -0.1) is 0 Å². The van der Waals surface area contributed by atoms with Gasteiger partial charge in [0, 0.05) is 5.69 Å². The minimum atomic E-state index is 0.400. The van der Waals surface area contributed by atoms with Crippen molar-refractivity contribution >= 4 is 16.9 Å². The molecule has 0 aliphatic heterocycles. The van der Waals surface area contributed by atoms with E-state index in [4.69, 9.17) is 5.73 Å². The van der Waals surface area contributed by atoms with Crippen molar-refractivity contribution < 1.29 is 0 Å². The third kappa shape index (κ3) is 1.82. The number of hydrogen-bond acceptors (Lipinski definition) is 4. The second-order valence-corrected chi connectivity index (χ2v) is 4.84. The number of para-hydroxylation sites is 2. The average molecular weight is 267 g/mol. The van der Waals surface area contributed by atoms with E-state index in [-0.39, 0.29) is 0 Å². The van der Waals surface area contributed by atoms with Crippen LogP contribution in [0.4, 0.5) is 5.82 Å². The molecule has 20 heavy (non-hydrogen) atoms. The Morgan fingerprint density at radius 3 is 2.35 bits per heavy atom. The molecule has 3 aromatic rings. The molecule has 0 fully saturated rings. The maximum Gasteiger partial charge on any atom is 0.197 e. The smallest absolute Gasteiger partial charge is 0.197 e. The summed E-state index contributed by atoms with van der Waals surface area (Å²) in [6.07, 6.45) is 0.943. The minimum absolute atomic E-state index is 0.400. The number of nitrogen functional groups attached to an aromatic ring is 1. The fourth-order valence-corrected chi connectivity index (χ4v) is 2.55. The van der Waals surface area contributed by atoms with E-state index in [0.717, 1.165) is 28.8 Å². The Balaban J connectivity index is 2.26. The maximum atomic E-state index is 6.05. The average Bonchev–Trinajstić information content (AvgIpc) is 2.72. The van der Waals surface area contributed by atoms with Gasteiger partial charge >= 0.3 is 0 Å². The van der Waals surface area contributed by atoms with E-state index in [2.05, 4.69) is 22.0 Å². The van der Waals surface area contributed by atoms with Crippen LogP contribution in [-0.4, -0.2) is 19.7 Å². The molecule has 0 unspecified atom stereocenters. The fourth-order valence-electron chi connectivity index (χ4n) is 2.55. The first-order chi connectivity index (χ1) is 9.61. The van der Waals surface area contributed by atoms with Crippen molar-refractivity contribution in [1.82, 2.24) is 19.7 Å². The highest BCUT2D eigenvalue weighted by Crippen LogP contribution is 2.22. The summed E-state index contributed by atoms with van der Waals surface area (Å²) in [6.45, 7) is 6.17. The summed E-state index contributed by atoms with van der Waals surface area (Å²) in [5.74, 6) is 1.00. The molecule has 3 rings (SSSR count). The van der Waals surface area contributed by atoms with Gasteiger partial charge in [-0.05, 0) is 38.0 Å². The van der Waals surface area contributed by atoms with Gasteiger partial charge in [0.1, 0.15) is 0 Å². The largest absolute Gasteiger partial charge is 0.381 e. The van der Waals surface area contributed by atoms with Crippen LogP contribution in [0.5, 0.6) is 0 Å². The Labute approximate surface area is 117 Å². The van der Waals surface area contributed by atoms with Gasteiger partial charge in [0.2, 0.25) is 0 Å². The number of benzene rings is 1. The number of nitrogens with zero attached hydrogens (tertiary/aromatic N) is 4. The predicted molar refractivity (Wildman–Crippen MR) is 79.9 cm³/mol. The van der Waals surface area contributed by atoms with Gasteiger partial charge in [0.15, 0.2) is 11.6 Å². The van der Waals surface area contributed by atoms with Crippen LogP contribution in [0.1, 0.15) is 23.9 Å². The zero-order valence-electron chi connectivity index (χ0n) is 11.9. The molecule has 2 aromatic heterocycles. The molecule has 0 saturated carbocycles. The summed E-state index contributed by atoms with van der Waals surface area (Å²) in [6, 6.07) is 7.70. The van der Waals surface area contributed by atoms with Crippen molar-refractivity contribution in [2.24, 2.45) is 0 Å². The molecular formula is C15H17N5. The first-order valence-electron chi connectivity index (χ1n) is 6.69. The molecule has 0 spiro atoms. The molecule has 0 bridgehead atoms. The molecule has 5 heteroatoms. The van der Waals surface area contributed by atoms with E-state index in [1.165, 1.54) is 5.56 Å². The molecule has 5 nitrogen and oxygen atoms in total. The third-order valence-corrected chi connectivity index (χ3v) is 3.57.